The molecule has 0 aromatic heterocycles. The lowest BCUT2D eigenvalue weighted by molar-refractivity contribution is -0.148. The average Bonchev–Trinajstić information content (AvgIpc) is 2.84. The second-order valence-corrected chi connectivity index (χ2v) is 4.01. The van der Waals surface area contributed by atoms with E-state index < -0.39 is 5.54 Å². The molecule has 84 valence electrons. The van der Waals surface area contributed by atoms with Gasteiger partial charge in [-0.15, -0.1) is 0 Å². The van der Waals surface area contributed by atoms with Gasteiger partial charge in [-0.3, -0.25) is 4.79 Å². The lowest BCUT2D eigenvalue weighted by Gasteiger charge is -2.14. The Hall–Kier alpha value is -1.32. The summed E-state index contributed by atoms with van der Waals surface area (Å²) in [5.41, 5.74) is 0.172. The summed E-state index contributed by atoms with van der Waals surface area (Å²) in [6, 6.07) is 0. The van der Waals surface area contributed by atoms with Crippen LogP contribution in [0.4, 0.5) is 0 Å². The van der Waals surface area contributed by atoms with Crippen LogP contribution < -0.4 is 5.32 Å². The number of hydrogen-bond acceptors (Lipinski definition) is 3. The van der Waals surface area contributed by atoms with E-state index in [0.717, 1.165) is 5.57 Å². The minimum atomic E-state index is -0.737. The molecule has 0 unspecified atom stereocenters. The maximum atomic E-state index is 11.5. The smallest absolute Gasteiger partial charge is 0.331 e. The molecule has 0 aliphatic heterocycles. The van der Waals surface area contributed by atoms with Crippen molar-refractivity contribution < 1.29 is 14.3 Å². The summed E-state index contributed by atoms with van der Waals surface area (Å²) >= 11 is 0. The number of carbonyl (C=O) groups is 2. The molecule has 0 aromatic rings. The first-order valence-corrected chi connectivity index (χ1v) is 5.14. The number of esters is 1. The number of ether oxygens (including phenoxy) is 1. The van der Waals surface area contributed by atoms with E-state index in [0.29, 0.717) is 19.4 Å². The van der Waals surface area contributed by atoms with Gasteiger partial charge >= 0.3 is 5.97 Å². The van der Waals surface area contributed by atoms with Gasteiger partial charge in [0.25, 0.3) is 0 Å². The zero-order valence-corrected chi connectivity index (χ0v) is 9.42. The van der Waals surface area contributed by atoms with Gasteiger partial charge in [0.2, 0.25) is 5.91 Å². The molecule has 1 aliphatic carbocycles. The largest absolute Gasteiger partial charge is 0.464 e. The average molecular weight is 211 g/mol. The van der Waals surface area contributed by atoms with Crippen LogP contribution in [0.5, 0.6) is 0 Å². The summed E-state index contributed by atoms with van der Waals surface area (Å²) in [6.45, 7) is 5.78. The molecule has 1 aliphatic rings. The minimum Gasteiger partial charge on any atom is -0.464 e. The van der Waals surface area contributed by atoms with Crippen LogP contribution in [0, 0.1) is 0 Å². The zero-order chi connectivity index (χ0) is 11.5. The molecule has 1 amide bonds. The zero-order valence-electron chi connectivity index (χ0n) is 9.42. The predicted molar refractivity (Wildman–Crippen MR) is 56.2 cm³/mol. The van der Waals surface area contributed by atoms with Crippen molar-refractivity contribution in [3.05, 3.63) is 11.6 Å². The van der Waals surface area contributed by atoms with Crippen LogP contribution in [-0.2, 0) is 14.3 Å². The second-order valence-electron chi connectivity index (χ2n) is 4.01. The van der Waals surface area contributed by atoms with Crippen LogP contribution >= 0.6 is 0 Å². The van der Waals surface area contributed by atoms with Gasteiger partial charge in [0.1, 0.15) is 5.54 Å². The Labute approximate surface area is 89.7 Å². The molecular formula is C11H17NO3. The fourth-order valence-electron chi connectivity index (χ4n) is 1.31. The molecular weight excluding hydrogens is 194 g/mol. The molecule has 1 N–H and O–H groups in total. The normalized spacial score (nSPS) is 16.5. The van der Waals surface area contributed by atoms with E-state index in [1.165, 1.54) is 6.08 Å². The van der Waals surface area contributed by atoms with Gasteiger partial charge in [-0.25, -0.2) is 4.79 Å². The highest BCUT2D eigenvalue weighted by atomic mass is 16.5. The molecule has 0 aromatic carbocycles. The molecule has 4 nitrogen and oxygen atoms in total. The maximum absolute atomic E-state index is 11.5. The quantitative estimate of drug-likeness (QED) is 0.561. The topological polar surface area (TPSA) is 55.4 Å². The highest BCUT2D eigenvalue weighted by Gasteiger charge is 2.52. The van der Waals surface area contributed by atoms with Crippen molar-refractivity contribution in [1.82, 2.24) is 5.32 Å². The molecule has 0 atom stereocenters. The highest BCUT2D eigenvalue weighted by Crippen LogP contribution is 2.36. The van der Waals surface area contributed by atoms with Crippen molar-refractivity contribution in [2.24, 2.45) is 0 Å². The lowest BCUT2D eigenvalue weighted by atomic mass is 10.2. The molecule has 4 heteroatoms. The summed E-state index contributed by atoms with van der Waals surface area (Å²) in [6.07, 6.45) is 2.83. The van der Waals surface area contributed by atoms with Crippen molar-refractivity contribution in [2.75, 3.05) is 6.61 Å². The fourth-order valence-corrected chi connectivity index (χ4v) is 1.31. The Balaban J connectivity index is 2.54. The van der Waals surface area contributed by atoms with Gasteiger partial charge in [0, 0.05) is 6.08 Å². The van der Waals surface area contributed by atoms with Crippen molar-refractivity contribution in [2.45, 2.75) is 39.2 Å². The number of hydrogen-bond donors (Lipinski definition) is 1. The van der Waals surface area contributed by atoms with Gasteiger partial charge < -0.3 is 10.1 Å². The lowest BCUT2D eigenvalue weighted by Crippen LogP contribution is -2.43. The third-order valence-corrected chi connectivity index (χ3v) is 2.20. The van der Waals surface area contributed by atoms with Gasteiger partial charge in [-0.05, 0) is 33.6 Å². The molecule has 0 saturated heterocycles. The molecule has 0 bridgehead atoms. The first-order valence-electron chi connectivity index (χ1n) is 5.14. The molecule has 1 saturated carbocycles. The van der Waals surface area contributed by atoms with Crippen LogP contribution in [0.3, 0.4) is 0 Å². The highest BCUT2D eigenvalue weighted by molar-refractivity contribution is 5.95. The number of amides is 1. The second kappa shape index (κ2) is 4.47. The van der Waals surface area contributed by atoms with Crippen LogP contribution in [0.1, 0.15) is 33.6 Å². The minimum absolute atomic E-state index is 0.222. The first kappa shape index (κ1) is 11.8. The van der Waals surface area contributed by atoms with Gasteiger partial charge in [0.15, 0.2) is 0 Å². The van der Waals surface area contributed by atoms with E-state index in [2.05, 4.69) is 5.32 Å². The Bertz CT molecular complexity index is 299. The first-order chi connectivity index (χ1) is 7.00. The van der Waals surface area contributed by atoms with E-state index in [1.807, 2.05) is 13.8 Å². The Morgan fingerprint density at radius 3 is 2.40 bits per heavy atom. The monoisotopic (exact) mass is 211 g/mol. The molecule has 0 spiro atoms. The van der Waals surface area contributed by atoms with E-state index in [4.69, 9.17) is 4.74 Å². The molecule has 0 radical (unpaired) electrons. The molecule has 1 rings (SSSR count). The summed E-state index contributed by atoms with van der Waals surface area (Å²) in [7, 11) is 0. The van der Waals surface area contributed by atoms with Crippen molar-refractivity contribution in [1.29, 1.82) is 0 Å². The predicted octanol–water partition coefficient (Wildman–Crippen LogP) is 1.16. The number of allylic oxidation sites excluding steroid dienone is 1. The fraction of sp³-hybridized carbons (Fsp3) is 0.636. The van der Waals surface area contributed by atoms with E-state index >= 15 is 0 Å². The number of carbonyl (C=O) groups excluding carboxylic acids is 2. The van der Waals surface area contributed by atoms with E-state index in [1.54, 1.807) is 6.92 Å². The third kappa shape index (κ3) is 3.08. The maximum Gasteiger partial charge on any atom is 0.331 e. The summed E-state index contributed by atoms with van der Waals surface area (Å²) in [5, 5.41) is 2.69. The van der Waals surface area contributed by atoms with E-state index in [9.17, 15) is 9.59 Å². The Morgan fingerprint density at radius 2 is 2.00 bits per heavy atom. The van der Waals surface area contributed by atoms with Gasteiger partial charge in [0.05, 0.1) is 6.61 Å². The van der Waals surface area contributed by atoms with Gasteiger partial charge in [-0.1, -0.05) is 5.57 Å². The Kier molecular flexibility index (Phi) is 3.50. The van der Waals surface area contributed by atoms with Crippen molar-refractivity contribution in [3.8, 4) is 0 Å². The Morgan fingerprint density at radius 1 is 1.40 bits per heavy atom. The van der Waals surface area contributed by atoms with Crippen molar-refractivity contribution in [3.63, 3.8) is 0 Å². The summed E-state index contributed by atoms with van der Waals surface area (Å²) in [4.78, 5) is 22.9. The SMILES string of the molecule is CCOC(=O)C1(NC(=O)C=C(C)C)CC1. The summed E-state index contributed by atoms with van der Waals surface area (Å²) < 4.78 is 4.90. The number of nitrogens with one attached hydrogen (secondary N) is 1. The molecule has 15 heavy (non-hydrogen) atoms. The van der Waals surface area contributed by atoms with Crippen molar-refractivity contribution >= 4 is 11.9 Å². The number of rotatable bonds is 4. The van der Waals surface area contributed by atoms with Gasteiger partial charge in [-0.2, -0.15) is 0 Å². The molecule has 1 fully saturated rings. The standard InChI is InChI=1S/C11H17NO3/c1-4-15-10(14)11(5-6-11)12-9(13)7-8(2)3/h7H,4-6H2,1-3H3,(H,12,13). The third-order valence-electron chi connectivity index (χ3n) is 2.20. The van der Waals surface area contributed by atoms with Crippen LogP contribution in [0.2, 0.25) is 0 Å². The van der Waals surface area contributed by atoms with Crippen LogP contribution in [-0.4, -0.2) is 24.0 Å². The molecule has 0 heterocycles. The van der Waals surface area contributed by atoms with Crippen LogP contribution in [0.15, 0.2) is 11.6 Å². The summed E-state index contributed by atoms with van der Waals surface area (Å²) in [5.74, 6) is -0.541. The van der Waals surface area contributed by atoms with E-state index in [-0.39, 0.29) is 11.9 Å². The van der Waals surface area contributed by atoms with Crippen LogP contribution in [0.25, 0.3) is 0 Å².